The molecular weight excluding hydrogens is 375 g/mol. The highest BCUT2D eigenvalue weighted by atomic mass is 32.1. The van der Waals surface area contributed by atoms with Crippen molar-refractivity contribution < 1.29 is 18.0 Å². The lowest BCUT2D eigenvalue weighted by molar-refractivity contribution is -0.137. The van der Waals surface area contributed by atoms with Crippen molar-refractivity contribution in [2.45, 2.75) is 6.18 Å². The van der Waals surface area contributed by atoms with Gasteiger partial charge in [0.15, 0.2) is 0 Å². The second-order valence-corrected chi connectivity index (χ2v) is 6.70. The van der Waals surface area contributed by atoms with Crippen LogP contribution in [0.2, 0.25) is 0 Å². The maximum atomic E-state index is 12.8. The van der Waals surface area contributed by atoms with Crippen LogP contribution in [0.1, 0.15) is 16.1 Å². The summed E-state index contributed by atoms with van der Waals surface area (Å²) in [6, 6.07) is 14.2. The Bertz CT molecular complexity index is 1100. The van der Waals surface area contributed by atoms with Gasteiger partial charge in [0, 0.05) is 22.0 Å². The fraction of sp³-hybridized carbons (Fsp3) is 0.0526. The lowest BCUT2D eigenvalue weighted by Crippen LogP contribution is -2.13. The van der Waals surface area contributed by atoms with Gasteiger partial charge in [-0.3, -0.25) is 4.79 Å². The molecule has 2 heterocycles. The molecule has 0 spiro atoms. The summed E-state index contributed by atoms with van der Waals surface area (Å²) < 4.78 is 38.3. The first-order valence-corrected chi connectivity index (χ1v) is 8.80. The maximum Gasteiger partial charge on any atom is 0.416 e. The van der Waals surface area contributed by atoms with Crippen molar-refractivity contribution in [1.29, 1.82) is 0 Å². The zero-order chi connectivity index (χ0) is 19.0. The number of aromatic nitrogens is 2. The number of para-hydroxylation sites is 1. The molecule has 136 valence electrons. The highest BCUT2D eigenvalue weighted by molar-refractivity contribution is 7.13. The minimum Gasteiger partial charge on any atom is -0.353 e. The minimum atomic E-state index is -4.47. The number of anilines is 1. The van der Waals surface area contributed by atoms with Crippen molar-refractivity contribution in [3.05, 3.63) is 71.2 Å². The molecular formula is C19H12F3N3OS. The molecule has 0 aliphatic carbocycles. The van der Waals surface area contributed by atoms with E-state index in [9.17, 15) is 18.0 Å². The van der Waals surface area contributed by atoms with Gasteiger partial charge < -0.3 is 10.3 Å². The summed E-state index contributed by atoms with van der Waals surface area (Å²) in [5.41, 5.74) is 1.12. The number of fused-ring (bicyclic) bond motifs is 1. The van der Waals surface area contributed by atoms with E-state index in [1.807, 2.05) is 30.3 Å². The van der Waals surface area contributed by atoms with Crippen molar-refractivity contribution in [2.75, 3.05) is 5.32 Å². The van der Waals surface area contributed by atoms with E-state index >= 15 is 0 Å². The Morgan fingerprint density at radius 1 is 1.07 bits per heavy atom. The molecule has 2 aromatic heterocycles. The van der Waals surface area contributed by atoms with Crippen molar-refractivity contribution in [3.63, 3.8) is 0 Å². The molecule has 4 rings (SSSR count). The van der Waals surface area contributed by atoms with Crippen molar-refractivity contribution in [1.82, 2.24) is 9.97 Å². The molecule has 0 saturated carbocycles. The summed E-state index contributed by atoms with van der Waals surface area (Å²) in [5.74, 6) is -0.562. The van der Waals surface area contributed by atoms with Gasteiger partial charge >= 0.3 is 6.18 Å². The van der Waals surface area contributed by atoms with Gasteiger partial charge in [-0.15, -0.1) is 11.3 Å². The number of benzene rings is 2. The molecule has 4 nitrogen and oxygen atoms in total. The van der Waals surface area contributed by atoms with Crippen molar-refractivity contribution in [2.24, 2.45) is 0 Å². The van der Waals surface area contributed by atoms with Crippen LogP contribution in [0.3, 0.4) is 0 Å². The van der Waals surface area contributed by atoms with E-state index in [0.717, 1.165) is 28.7 Å². The molecule has 0 aliphatic rings. The predicted octanol–water partition coefficient (Wildman–Crippen LogP) is 5.56. The summed E-state index contributed by atoms with van der Waals surface area (Å²) in [7, 11) is 0. The van der Waals surface area contributed by atoms with Crippen LogP contribution >= 0.6 is 11.3 Å². The number of amides is 1. The van der Waals surface area contributed by atoms with Gasteiger partial charge in [0.2, 0.25) is 0 Å². The first kappa shape index (κ1) is 17.3. The summed E-state index contributed by atoms with van der Waals surface area (Å²) in [6.45, 7) is 0. The average Bonchev–Trinajstić information content (AvgIpc) is 3.28. The van der Waals surface area contributed by atoms with E-state index in [2.05, 4.69) is 15.3 Å². The van der Waals surface area contributed by atoms with Crippen LogP contribution in [0.15, 0.2) is 60.0 Å². The average molecular weight is 387 g/mol. The second kappa shape index (κ2) is 6.55. The fourth-order valence-electron chi connectivity index (χ4n) is 2.66. The number of hydrogen-bond donors (Lipinski definition) is 2. The number of nitrogens with one attached hydrogen (secondary N) is 2. The minimum absolute atomic E-state index is 0.0648. The first-order valence-electron chi connectivity index (χ1n) is 7.92. The van der Waals surface area contributed by atoms with Gasteiger partial charge in [-0.05, 0) is 30.3 Å². The van der Waals surface area contributed by atoms with Crippen LogP contribution in [0, 0.1) is 0 Å². The number of halogens is 3. The normalized spacial score (nSPS) is 11.7. The van der Waals surface area contributed by atoms with E-state index in [0.29, 0.717) is 5.01 Å². The molecule has 2 aromatic carbocycles. The van der Waals surface area contributed by atoms with Gasteiger partial charge in [0.1, 0.15) is 10.7 Å². The number of hydrogen-bond acceptors (Lipinski definition) is 3. The molecule has 0 aliphatic heterocycles. The summed E-state index contributed by atoms with van der Waals surface area (Å²) >= 11 is 1.28. The quantitative estimate of drug-likeness (QED) is 0.483. The first-order chi connectivity index (χ1) is 12.9. The smallest absolute Gasteiger partial charge is 0.353 e. The molecule has 1 amide bonds. The van der Waals surface area contributed by atoms with E-state index in [-0.39, 0.29) is 11.4 Å². The molecule has 4 aromatic rings. The summed E-state index contributed by atoms with van der Waals surface area (Å²) in [4.78, 5) is 19.9. The van der Waals surface area contributed by atoms with E-state index in [1.54, 1.807) is 5.38 Å². The molecule has 0 fully saturated rings. The van der Waals surface area contributed by atoms with E-state index in [4.69, 9.17) is 0 Å². The Hall–Kier alpha value is -3.13. The largest absolute Gasteiger partial charge is 0.416 e. The van der Waals surface area contributed by atoms with Crippen LogP contribution < -0.4 is 5.32 Å². The lowest BCUT2D eigenvalue weighted by Gasteiger charge is -2.09. The molecule has 2 N–H and O–H groups in total. The zero-order valence-electron chi connectivity index (χ0n) is 13.7. The Morgan fingerprint density at radius 2 is 1.89 bits per heavy atom. The third-order valence-electron chi connectivity index (χ3n) is 3.94. The van der Waals surface area contributed by atoms with Crippen LogP contribution in [-0.2, 0) is 6.18 Å². The van der Waals surface area contributed by atoms with Crippen LogP contribution in [-0.4, -0.2) is 15.9 Å². The topological polar surface area (TPSA) is 57.8 Å². The molecule has 27 heavy (non-hydrogen) atoms. The molecule has 0 saturated heterocycles. The number of carbonyl (C=O) groups excluding carboxylic acids is 1. The fourth-order valence-corrected chi connectivity index (χ4v) is 3.43. The van der Waals surface area contributed by atoms with Crippen molar-refractivity contribution in [3.8, 4) is 10.7 Å². The van der Waals surface area contributed by atoms with E-state index < -0.39 is 17.6 Å². The standard InChI is InChI=1S/C19H12F3N3OS/c20-19(21,22)12-5-3-6-13(9-12)23-17(26)16-10-27-18(25-16)15-8-11-4-1-2-7-14(11)24-15/h1-10,24H,(H,23,26). The Labute approximate surface area is 155 Å². The van der Waals surface area contributed by atoms with Gasteiger partial charge in [0.25, 0.3) is 5.91 Å². The number of thiazole rings is 1. The Balaban J connectivity index is 1.55. The Kier molecular flexibility index (Phi) is 4.19. The monoisotopic (exact) mass is 387 g/mol. The van der Waals surface area contributed by atoms with Crippen molar-refractivity contribution >= 4 is 33.8 Å². The van der Waals surface area contributed by atoms with Crippen LogP contribution in [0.25, 0.3) is 21.6 Å². The lowest BCUT2D eigenvalue weighted by atomic mass is 10.2. The molecule has 0 unspecified atom stereocenters. The van der Waals surface area contributed by atoms with E-state index in [1.165, 1.54) is 23.5 Å². The molecule has 0 bridgehead atoms. The molecule has 0 radical (unpaired) electrons. The van der Waals surface area contributed by atoms with Gasteiger partial charge in [-0.2, -0.15) is 13.2 Å². The number of rotatable bonds is 3. The Morgan fingerprint density at radius 3 is 2.67 bits per heavy atom. The third-order valence-corrected chi connectivity index (χ3v) is 4.82. The third kappa shape index (κ3) is 3.56. The highest BCUT2D eigenvalue weighted by Gasteiger charge is 2.30. The zero-order valence-corrected chi connectivity index (χ0v) is 14.5. The number of nitrogens with zero attached hydrogens (tertiary/aromatic N) is 1. The SMILES string of the molecule is O=C(Nc1cccc(C(F)(F)F)c1)c1csc(-c2cc3ccccc3[nH]2)n1. The summed E-state index contributed by atoms with van der Waals surface area (Å²) in [5, 5.41) is 5.68. The van der Waals surface area contributed by atoms with Gasteiger partial charge in [0.05, 0.1) is 11.3 Å². The van der Waals surface area contributed by atoms with Gasteiger partial charge in [-0.25, -0.2) is 4.98 Å². The predicted molar refractivity (Wildman–Crippen MR) is 98.8 cm³/mol. The molecule has 0 atom stereocenters. The number of carbonyl (C=O) groups is 1. The van der Waals surface area contributed by atoms with Crippen LogP contribution in [0.4, 0.5) is 18.9 Å². The number of H-pyrrole nitrogens is 1. The number of aromatic amines is 1. The van der Waals surface area contributed by atoms with Gasteiger partial charge in [-0.1, -0.05) is 24.3 Å². The second-order valence-electron chi connectivity index (χ2n) is 5.84. The summed E-state index contributed by atoms with van der Waals surface area (Å²) in [6.07, 6.45) is -4.47. The molecule has 8 heteroatoms. The van der Waals surface area contributed by atoms with Crippen LogP contribution in [0.5, 0.6) is 0 Å². The highest BCUT2D eigenvalue weighted by Crippen LogP contribution is 2.31. The number of alkyl halides is 3. The maximum absolute atomic E-state index is 12.8.